The minimum absolute atomic E-state index is 0.00700. The van der Waals surface area contributed by atoms with E-state index in [0.717, 1.165) is 11.5 Å². The van der Waals surface area contributed by atoms with Gasteiger partial charge < -0.3 is 9.73 Å². The number of carbonyl (C=O) groups excluding carboxylic acids is 3. The molecule has 0 unspecified atom stereocenters. The lowest BCUT2D eigenvalue weighted by atomic mass is 10.2. The minimum atomic E-state index is -0.453. The molecular formula is C17H17N3O4. The van der Waals surface area contributed by atoms with Crippen molar-refractivity contribution in [1.82, 2.24) is 10.6 Å². The average molecular weight is 327 g/mol. The van der Waals surface area contributed by atoms with Gasteiger partial charge in [0.2, 0.25) is 5.91 Å². The Balaban J connectivity index is 1.55. The van der Waals surface area contributed by atoms with Crippen LogP contribution in [0.1, 0.15) is 21.9 Å². The molecule has 0 atom stereocenters. The second kappa shape index (κ2) is 6.57. The van der Waals surface area contributed by atoms with Gasteiger partial charge in [-0.1, -0.05) is 0 Å². The second-order valence-corrected chi connectivity index (χ2v) is 5.50. The second-order valence-electron chi connectivity index (χ2n) is 5.50. The molecule has 0 spiro atoms. The van der Waals surface area contributed by atoms with E-state index in [0.29, 0.717) is 24.2 Å². The summed E-state index contributed by atoms with van der Waals surface area (Å²) in [5.74, 6) is 1.13. The Morgan fingerprint density at radius 1 is 1.21 bits per heavy atom. The van der Waals surface area contributed by atoms with Crippen molar-refractivity contribution in [2.45, 2.75) is 13.3 Å². The summed E-state index contributed by atoms with van der Waals surface area (Å²) in [6, 6.07) is 9.85. The molecule has 1 aliphatic heterocycles. The lowest BCUT2D eigenvalue weighted by Gasteiger charge is -2.13. The first kappa shape index (κ1) is 15.8. The van der Waals surface area contributed by atoms with Crippen LogP contribution in [0, 0.1) is 6.92 Å². The Labute approximate surface area is 138 Å². The van der Waals surface area contributed by atoms with Gasteiger partial charge in [-0.2, -0.15) is 0 Å². The van der Waals surface area contributed by atoms with Crippen molar-refractivity contribution in [2.75, 3.05) is 18.0 Å². The smallest absolute Gasteiger partial charge is 0.329 e. The van der Waals surface area contributed by atoms with Crippen molar-refractivity contribution >= 4 is 23.5 Å². The van der Waals surface area contributed by atoms with Gasteiger partial charge in [0, 0.05) is 24.2 Å². The number of imide groups is 1. The van der Waals surface area contributed by atoms with E-state index in [9.17, 15) is 14.4 Å². The molecule has 2 aromatic rings. The molecule has 0 aliphatic carbocycles. The highest BCUT2D eigenvalue weighted by atomic mass is 16.3. The van der Waals surface area contributed by atoms with Gasteiger partial charge in [0.25, 0.3) is 5.91 Å². The van der Waals surface area contributed by atoms with Crippen LogP contribution in [-0.4, -0.2) is 30.9 Å². The van der Waals surface area contributed by atoms with Crippen LogP contribution in [0.4, 0.5) is 10.5 Å². The normalized spacial score (nSPS) is 14.0. The monoisotopic (exact) mass is 327 g/mol. The van der Waals surface area contributed by atoms with Gasteiger partial charge >= 0.3 is 6.03 Å². The fourth-order valence-electron chi connectivity index (χ4n) is 2.46. The van der Waals surface area contributed by atoms with Crippen LogP contribution in [0.5, 0.6) is 0 Å². The van der Waals surface area contributed by atoms with Crippen LogP contribution < -0.4 is 15.5 Å². The fourth-order valence-corrected chi connectivity index (χ4v) is 2.46. The van der Waals surface area contributed by atoms with E-state index in [4.69, 9.17) is 4.42 Å². The predicted octanol–water partition coefficient (Wildman–Crippen LogP) is 1.62. The van der Waals surface area contributed by atoms with Gasteiger partial charge in [0.05, 0.1) is 0 Å². The first-order valence-electron chi connectivity index (χ1n) is 7.58. The minimum Gasteiger partial charge on any atom is -0.466 e. The highest BCUT2D eigenvalue weighted by Crippen LogP contribution is 2.17. The van der Waals surface area contributed by atoms with Crippen LogP contribution >= 0.6 is 0 Å². The number of amides is 4. The van der Waals surface area contributed by atoms with E-state index < -0.39 is 6.03 Å². The van der Waals surface area contributed by atoms with Crippen LogP contribution in [0.25, 0.3) is 0 Å². The predicted molar refractivity (Wildman–Crippen MR) is 86.8 cm³/mol. The van der Waals surface area contributed by atoms with Crippen LogP contribution in [0.2, 0.25) is 0 Å². The highest BCUT2D eigenvalue weighted by molar-refractivity contribution is 6.12. The molecule has 1 saturated heterocycles. The molecule has 24 heavy (non-hydrogen) atoms. The highest BCUT2D eigenvalue weighted by Gasteiger charge is 2.27. The number of hydrogen-bond donors (Lipinski definition) is 2. The van der Waals surface area contributed by atoms with Gasteiger partial charge in [-0.3, -0.25) is 19.8 Å². The standard InChI is InChI=1S/C17H17N3O4/c1-11-2-7-14(24-11)8-9-18-16(22)12-3-5-13(6-4-12)20-10-15(21)19-17(20)23/h2-7H,8-10H2,1H3,(H,18,22)(H,19,21,23). The van der Waals surface area contributed by atoms with Crippen molar-refractivity contribution in [3.63, 3.8) is 0 Å². The van der Waals surface area contributed by atoms with E-state index in [-0.39, 0.29) is 18.4 Å². The van der Waals surface area contributed by atoms with Crippen molar-refractivity contribution < 1.29 is 18.8 Å². The average Bonchev–Trinajstić information content (AvgIpc) is 3.12. The summed E-state index contributed by atoms with van der Waals surface area (Å²) in [6.45, 7) is 2.33. The quantitative estimate of drug-likeness (QED) is 0.816. The van der Waals surface area contributed by atoms with Crippen LogP contribution in [0.15, 0.2) is 40.8 Å². The molecule has 2 heterocycles. The van der Waals surface area contributed by atoms with E-state index >= 15 is 0 Å². The summed E-state index contributed by atoms with van der Waals surface area (Å²) >= 11 is 0. The molecule has 0 saturated carbocycles. The summed E-state index contributed by atoms with van der Waals surface area (Å²) in [6.07, 6.45) is 0.619. The number of nitrogens with one attached hydrogen (secondary N) is 2. The lowest BCUT2D eigenvalue weighted by molar-refractivity contribution is -0.117. The molecule has 1 fully saturated rings. The SMILES string of the molecule is Cc1ccc(CCNC(=O)c2ccc(N3CC(=O)NC3=O)cc2)o1. The van der Waals surface area contributed by atoms with E-state index in [1.165, 1.54) is 4.90 Å². The van der Waals surface area contributed by atoms with Crippen molar-refractivity contribution in [3.05, 3.63) is 53.5 Å². The summed E-state index contributed by atoms with van der Waals surface area (Å²) in [7, 11) is 0. The number of rotatable bonds is 5. The zero-order valence-electron chi connectivity index (χ0n) is 13.2. The first-order valence-corrected chi connectivity index (χ1v) is 7.58. The Bertz CT molecular complexity index is 779. The molecule has 3 rings (SSSR count). The number of benzene rings is 1. The number of furan rings is 1. The third-order valence-corrected chi connectivity index (χ3v) is 3.69. The molecular weight excluding hydrogens is 310 g/mol. The van der Waals surface area contributed by atoms with E-state index in [1.54, 1.807) is 24.3 Å². The topological polar surface area (TPSA) is 91.7 Å². The molecule has 1 aliphatic rings. The largest absolute Gasteiger partial charge is 0.466 e. The van der Waals surface area contributed by atoms with Crippen LogP contribution in [0.3, 0.4) is 0 Å². The number of carbonyl (C=O) groups is 3. The zero-order valence-corrected chi connectivity index (χ0v) is 13.2. The molecule has 4 amide bonds. The van der Waals surface area contributed by atoms with Crippen molar-refractivity contribution in [1.29, 1.82) is 0 Å². The van der Waals surface area contributed by atoms with Crippen molar-refractivity contribution in [2.24, 2.45) is 0 Å². The fraction of sp³-hybridized carbons (Fsp3) is 0.235. The number of nitrogens with zero attached hydrogens (tertiary/aromatic N) is 1. The molecule has 7 nitrogen and oxygen atoms in total. The van der Waals surface area contributed by atoms with E-state index in [2.05, 4.69) is 10.6 Å². The summed E-state index contributed by atoms with van der Waals surface area (Å²) in [5, 5.41) is 5.02. The lowest BCUT2D eigenvalue weighted by Crippen LogP contribution is -2.28. The molecule has 1 aromatic heterocycles. The van der Waals surface area contributed by atoms with E-state index in [1.807, 2.05) is 19.1 Å². The van der Waals surface area contributed by atoms with Gasteiger partial charge in [-0.15, -0.1) is 0 Å². The molecule has 0 bridgehead atoms. The van der Waals surface area contributed by atoms with Crippen LogP contribution in [-0.2, 0) is 11.2 Å². The third-order valence-electron chi connectivity index (χ3n) is 3.69. The summed E-state index contributed by atoms with van der Waals surface area (Å²) in [4.78, 5) is 36.2. The molecule has 1 aromatic carbocycles. The Kier molecular flexibility index (Phi) is 4.33. The number of hydrogen-bond acceptors (Lipinski definition) is 4. The Morgan fingerprint density at radius 2 is 1.96 bits per heavy atom. The maximum absolute atomic E-state index is 12.1. The summed E-state index contributed by atoms with van der Waals surface area (Å²) in [5.41, 5.74) is 1.06. The molecule has 0 radical (unpaired) electrons. The molecule has 7 heteroatoms. The number of urea groups is 1. The third kappa shape index (κ3) is 3.45. The van der Waals surface area contributed by atoms with Gasteiger partial charge in [0.15, 0.2) is 0 Å². The number of aryl methyl sites for hydroxylation is 1. The van der Waals surface area contributed by atoms with Gasteiger partial charge in [-0.05, 0) is 43.3 Å². The summed E-state index contributed by atoms with van der Waals surface area (Å²) < 4.78 is 5.44. The van der Waals surface area contributed by atoms with Gasteiger partial charge in [0.1, 0.15) is 18.1 Å². The Hall–Kier alpha value is -3.09. The first-order chi connectivity index (χ1) is 11.5. The number of anilines is 1. The Morgan fingerprint density at radius 3 is 2.54 bits per heavy atom. The molecule has 2 N–H and O–H groups in total. The van der Waals surface area contributed by atoms with Gasteiger partial charge in [-0.25, -0.2) is 4.79 Å². The maximum Gasteiger partial charge on any atom is 0.329 e. The molecule has 124 valence electrons. The maximum atomic E-state index is 12.1. The zero-order chi connectivity index (χ0) is 17.1. The van der Waals surface area contributed by atoms with Crippen molar-refractivity contribution in [3.8, 4) is 0 Å².